The van der Waals surface area contributed by atoms with Gasteiger partial charge in [-0.1, -0.05) is 11.3 Å². The van der Waals surface area contributed by atoms with Gasteiger partial charge in [0.1, 0.15) is 10.8 Å². The van der Waals surface area contributed by atoms with E-state index in [1.807, 2.05) is 0 Å². The number of hydrogen-bond donors (Lipinski definition) is 2. The lowest BCUT2D eigenvalue weighted by atomic mass is 10.1. The summed E-state index contributed by atoms with van der Waals surface area (Å²) in [6.45, 7) is 3.32. The maximum Gasteiger partial charge on any atom is 0.260 e. The Balaban J connectivity index is 2.29. The monoisotopic (exact) mass is 266 g/mol. The molecule has 0 bridgehead atoms. The van der Waals surface area contributed by atoms with Crippen molar-refractivity contribution in [2.24, 2.45) is 0 Å². The summed E-state index contributed by atoms with van der Waals surface area (Å²) in [5.41, 5.74) is 6.16. The van der Waals surface area contributed by atoms with E-state index in [-0.39, 0.29) is 5.56 Å². The van der Waals surface area contributed by atoms with E-state index in [4.69, 9.17) is 5.73 Å². The molecule has 0 radical (unpaired) electrons. The van der Waals surface area contributed by atoms with Crippen molar-refractivity contribution in [1.82, 2.24) is 10.2 Å². The molecule has 0 saturated carbocycles. The van der Waals surface area contributed by atoms with Gasteiger partial charge in [-0.15, -0.1) is 10.2 Å². The first-order chi connectivity index (χ1) is 8.47. The van der Waals surface area contributed by atoms with Gasteiger partial charge in [0, 0.05) is 5.69 Å². The Hall–Kier alpha value is -2.02. The Labute approximate surface area is 107 Å². The highest BCUT2D eigenvalue weighted by molar-refractivity contribution is 7.15. The Morgan fingerprint density at radius 2 is 2.11 bits per heavy atom. The number of benzene rings is 1. The van der Waals surface area contributed by atoms with Crippen LogP contribution in [0, 0.1) is 19.7 Å². The molecule has 94 valence electrons. The Bertz CT molecular complexity index is 611. The largest absolute Gasteiger partial charge is 0.399 e. The first-order valence-electron chi connectivity index (χ1n) is 5.14. The summed E-state index contributed by atoms with van der Waals surface area (Å²) in [5.74, 6) is -1.16. The summed E-state index contributed by atoms with van der Waals surface area (Å²) in [7, 11) is 0. The van der Waals surface area contributed by atoms with Crippen LogP contribution in [0.1, 0.15) is 20.9 Å². The normalized spacial score (nSPS) is 10.4. The summed E-state index contributed by atoms with van der Waals surface area (Å²) in [4.78, 5) is 11.9. The summed E-state index contributed by atoms with van der Waals surface area (Å²) < 4.78 is 13.8. The minimum absolute atomic E-state index is 0.0969. The number of anilines is 2. The second-order valence-corrected chi connectivity index (χ2v) is 4.96. The number of nitrogens with one attached hydrogen (secondary N) is 1. The molecule has 0 spiro atoms. The number of rotatable bonds is 2. The third kappa shape index (κ3) is 2.45. The van der Waals surface area contributed by atoms with E-state index in [2.05, 4.69) is 15.5 Å². The molecule has 2 aromatic rings. The fourth-order valence-electron chi connectivity index (χ4n) is 1.47. The van der Waals surface area contributed by atoms with E-state index in [1.165, 1.54) is 23.5 Å². The van der Waals surface area contributed by atoms with Gasteiger partial charge in [0.2, 0.25) is 5.13 Å². The van der Waals surface area contributed by atoms with E-state index >= 15 is 0 Å². The Kier molecular flexibility index (Phi) is 3.24. The maximum absolute atomic E-state index is 13.8. The van der Waals surface area contributed by atoms with Crippen molar-refractivity contribution in [2.75, 3.05) is 11.1 Å². The van der Waals surface area contributed by atoms with E-state index in [9.17, 15) is 9.18 Å². The van der Waals surface area contributed by atoms with Crippen molar-refractivity contribution in [3.05, 3.63) is 34.1 Å². The number of aryl methyl sites for hydroxylation is 2. The Morgan fingerprint density at radius 3 is 2.72 bits per heavy atom. The number of nitrogens with two attached hydrogens (primary N) is 1. The SMILES string of the molecule is Cc1nnc(NC(=O)c2cc(N)cc(C)c2F)s1. The van der Waals surface area contributed by atoms with Crippen LogP contribution in [-0.4, -0.2) is 16.1 Å². The van der Waals surface area contributed by atoms with Gasteiger partial charge in [-0.05, 0) is 31.5 Å². The average molecular weight is 266 g/mol. The highest BCUT2D eigenvalue weighted by Gasteiger charge is 2.16. The molecule has 0 aliphatic carbocycles. The topological polar surface area (TPSA) is 80.9 Å². The van der Waals surface area contributed by atoms with Gasteiger partial charge in [0.15, 0.2) is 0 Å². The Morgan fingerprint density at radius 1 is 1.39 bits per heavy atom. The van der Waals surface area contributed by atoms with E-state index in [1.54, 1.807) is 13.8 Å². The predicted molar refractivity (Wildman–Crippen MR) is 68.1 cm³/mol. The lowest BCUT2D eigenvalue weighted by Crippen LogP contribution is -2.14. The van der Waals surface area contributed by atoms with Crippen molar-refractivity contribution < 1.29 is 9.18 Å². The summed E-state index contributed by atoms with van der Waals surface area (Å²) >= 11 is 1.22. The zero-order chi connectivity index (χ0) is 13.3. The van der Waals surface area contributed by atoms with Crippen LogP contribution in [0.25, 0.3) is 0 Å². The molecule has 1 aromatic heterocycles. The van der Waals surface area contributed by atoms with Crippen molar-refractivity contribution in [3.8, 4) is 0 Å². The molecule has 5 nitrogen and oxygen atoms in total. The molecule has 18 heavy (non-hydrogen) atoms. The molecule has 1 heterocycles. The van der Waals surface area contributed by atoms with Crippen molar-refractivity contribution in [2.45, 2.75) is 13.8 Å². The first-order valence-corrected chi connectivity index (χ1v) is 5.96. The molecule has 1 amide bonds. The fraction of sp³-hybridized carbons (Fsp3) is 0.182. The second-order valence-electron chi connectivity index (χ2n) is 3.78. The van der Waals surface area contributed by atoms with E-state index in [0.29, 0.717) is 16.4 Å². The first kappa shape index (κ1) is 12.4. The van der Waals surface area contributed by atoms with Crippen LogP contribution in [0.5, 0.6) is 0 Å². The number of halogens is 1. The van der Waals surface area contributed by atoms with Gasteiger partial charge < -0.3 is 5.73 Å². The zero-order valence-electron chi connectivity index (χ0n) is 9.82. The zero-order valence-corrected chi connectivity index (χ0v) is 10.6. The van der Waals surface area contributed by atoms with Crippen LogP contribution in [0.15, 0.2) is 12.1 Å². The van der Waals surface area contributed by atoms with Crippen LogP contribution < -0.4 is 11.1 Å². The smallest absolute Gasteiger partial charge is 0.260 e. The summed E-state index contributed by atoms with van der Waals surface area (Å²) in [5, 5.41) is 11.0. The third-order valence-corrected chi connectivity index (χ3v) is 3.02. The molecule has 0 unspecified atom stereocenters. The molecule has 0 fully saturated rings. The number of carbonyl (C=O) groups is 1. The number of hydrogen-bond acceptors (Lipinski definition) is 5. The minimum Gasteiger partial charge on any atom is -0.399 e. The molecular formula is C11H11FN4OS. The number of amides is 1. The van der Waals surface area contributed by atoms with Gasteiger partial charge in [-0.25, -0.2) is 4.39 Å². The van der Waals surface area contributed by atoms with Gasteiger partial charge >= 0.3 is 0 Å². The van der Waals surface area contributed by atoms with Crippen LogP contribution in [0.4, 0.5) is 15.2 Å². The lowest BCUT2D eigenvalue weighted by Gasteiger charge is -2.06. The molecule has 0 aliphatic rings. The lowest BCUT2D eigenvalue weighted by molar-refractivity contribution is 0.102. The number of nitrogen functional groups attached to an aromatic ring is 1. The number of aromatic nitrogens is 2. The summed E-state index contributed by atoms with van der Waals surface area (Å²) in [6.07, 6.45) is 0. The van der Waals surface area contributed by atoms with Crippen LogP contribution in [0.3, 0.4) is 0 Å². The quantitative estimate of drug-likeness (QED) is 0.816. The van der Waals surface area contributed by atoms with Crippen LogP contribution in [0.2, 0.25) is 0 Å². The fourth-order valence-corrected chi connectivity index (χ4v) is 2.06. The molecular weight excluding hydrogens is 255 g/mol. The van der Waals surface area contributed by atoms with Crippen LogP contribution >= 0.6 is 11.3 Å². The van der Waals surface area contributed by atoms with Crippen molar-refractivity contribution >= 4 is 28.1 Å². The predicted octanol–water partition coefficient (Wildman–Crippen LogP) is 2.13. The van der Waals surface area contributed by atoms with Gasteiger partial charge in [0.25, 0.3) is 5.91 Å². The maximum atomic E-state index is 13.8. The highest BCUT2D eigenvalue weighted by Crippen LogP contribution is 2.20. The molecule has 7 heteroatoms. The van der Waals surface area contributed by atoms with Crippen molar-refractivity contribution in [1.29, 1.82) is 0 Å². The van der Waals surface area contributed by atoms with Gasteiger partial charge in [-0.2, -0.15) is 0 Å². The number of nitrogens with zero attached hydrogens (tertiary/aromatic N) is 2. The van der Waals surface area contributed by atoms with Crippen LogP contribution in [-0.2, 0) is 0 Å². The second kappa shape index (κ2) is 4.69. The third-order valence-electron chi connectivity index (χ3n) is 2.27. The highest BCUT2D eigenvalue weighted by atomic mass is 32.1. The van der Waals surface area contributed by atoms with E-state index < -0.39 is 11.7 Å². The standard InChI is InChI=1S/C11H11FN4OS/c1-5-3-7(13)4-8(9(5)12)10(17)14-11-16-15-6(2)18-11/h3-4H,13H2,1-2H3,(H,14,16,17). The molecule has 3 N–H and O–H groups in total. The molecule has 0 atom stereocenters. The number of carbonyl (C=O) groups excluding carboxylic acids is 1. The molecule has 2 rings (SSSR count). The van der Waals surface area contributed by atoms with Crippen molar-refractivity contribution in [3.63, 3.8) is 0 Å². The average Bonchev–Trinajstić information content (AvgIpc) is 2.69. The molecule has 1 aromatic carbocycles. The molecule has 0 saturated heterocycles. The minimum atomic E-state index is -0.584. The van der Waals surface area contributed by atoms with Gasteiger partial charge in [-0.3, -0.25) is 10.1 Å². The van der Waals surface area contributed by atoms with Gasteiger partial charge in [0.05, 0.1) is 5.56 Å². The molecule has 0 aliphatic heterocycles. The van der Waals surface area contributed by atoms with E-state index in [0.717, 1.165) is 5.01 Å². The summed E-state index contributed by atoms with van der Waals surface area (Å²) in [6, 6.07) is 2.77.